The Kier molecular flexibility index (Phi) is 3.24. The molecule has 0 atom stereocenters. The normalized spacial score (nSPS) is 9.46. The molecule has 0 spiro atoms. The van der Waals surface area contributed by atoms with Crippen molar-refractivity contribution in [3.63, 3.8) is 0 Å². The number of hydrogen-bond acceptors (Lipinski definition) is 6. The smallest absolute Gasteiger partial charge is 0.324 e. The topological polar surface area (TPSA) is 69.2 Å². The molecule has 72 valence electrons. The molecule has 1 aromatic rings. The zero-order valence-electron chi connectivity index (χ0n) is 7.87. The number of methoxy groups -OCH3 is 2. The summed E-state index contributed by atoms with van der Waals surface area (Å²) in [7, 11) is 2.98. The van der Waals surface area contributed by atoms with E-state index in [0.29, 0.717) is 5.95 Å². The Bertz CT molecular complexity index is 257. The van der Waals surface area contributed by atoms with Gasteiger partial charge in [0.05, 0.1) is 14.2 Å². The highest BCUT2D eigenvalue weighted by molar-refractivity contribution is 5.26. The molecule has 0 aliphatic carbocycles. The number of aromatic nitrogens is 3. The summed E-state index contributed by atoms with van der Waals surface area (Å²) in [6.07, 6.45) is 0. The zero-order chi connectivity index (χ0) is 9.68. The number of ether oxygens (including phenoxy) is 2. The third-order valence-electron chi connectivity index (χ3n) is 1.29. The van der Waals surface area contributed by atoms with Crippen molar-refractivity contribution in [1.29, 1.82) is 0 Å². The van der Waals surface area contributed by atoms with Crippen molar-refractivity contribution in [3.05, 3.63) is 0 Å². The van der Waals surface area contributed by atoms with Crippen LogP contribution >= 0.6 is 0 Å². The van der Waals surface area contributed by atoms with Gasteiger partial charge in [0.15, 0.2) is 0 Å². The van der Waals surface area contributed by atoms with Gasteiger partial charge in [-0.2, -0.15) is 9.97 Å². The third-order valence-corrected chi connectivity index (χ3v) is 1.29. The second-order valence-electron chi connectivity index (χ2n) is 2.16. The van der Waals surface area contributed by atoms with E-state index in [1.165, 1.54) is 14.2 Å². The van der Waals surface area contributed by atoms with Crippen LogP contribution in [0.1, 0.15) is 6.92 Å². The Morgan fingerprint density at radius 1 is 1.08 bits per heavy atom. The van der Waals surface area contributed by atoms with Crippen molar-refractivity contribution >= 4 is 5.95 Å². The van der Waals surface area contributed by atoms with Gasteiger partial charge in [-0.1, -0.05) is 0 Å². The molecule has 0 unspecified atom stereocenters. The highest BCUT2D eigenvalue weighted by Gasteiger charge is 2.04. The summed E-state index contributed by atoms with van der Waals surface area (Å²) < 4.78 is 9.72. The van der Waals surface area contributed by atoms with Gasteiger partial charge in [-0.15, -0.1) is 4.98 Å². The predicted molar refractivity (Wildman–Crippen MR) is 47.1 cm³/mol. The zero-order valence-corrected chi connectivity index (χ0v) is 7.87. The van der Waals surface area contributed by atoms with E-state index in [0.717, 1.165) is 6.54 Å². The number of rotatable bonds is 4. The first-order valence-electron chi connectivity index (χ1n) is 3.88. The summed E-state index contributed by atoms with van der Waals surface area (Å²) in [5.41, 5.74) is 0. The molecule has 0 aromatic carbocycles. The van der Waals surface area contributed by atoms with Crippen molar-refractivity contribution < 1.29 is 9.47 Å². The number of nitrogens with one attached hydrogen (secondary N) is 1. The maximum Gasteiger partial charge on any atom is 0.324 e. The van der Waals surface area contributed by atoms with E-state index >= 15 is 0 Å². The molecule has 6 nitrogen and oxygen atoms in total. The Balaban J connectivity index is 2.93. The molecule has 0 bridgehead atoms. The van der Waals surface area contributed by atoms with Crippen molar-refractivity contribution in [2.24, 2.45) is 0 Å². The minimum absolute atomic E-state index is 0.239. The molecular formula is C7H12N4O2. The quantitative estimate of drug-likeness (QED) is 0.726. The van der Waals surface area contributed by atoms with Crippen LogP contribution in [-0.2, 0) is 0 Å². The third kappa shape index (κ3) is 2.43. The van der Waals surface area contributed by atoms with Gasteiger partial charge in [0.2, 0.25) is 5.95 Å². The summed E-state index contributed by atoms with van der Waals surface area (Å²) in [5.74, 6) is 0.450. The first-order chi connectivity index (χ1) is 6.30. The summed E-state index contributed by atoms with van der Waals surface area (Å²) >= 11 is 0. The number of hydrogen-bond donors (Lipinski definition) is 1. The van der Waals surface area contributed by atoms with Crippen LogP contribution in [0.3, 0.4) is 0 Å². The Morgan fingerprint density at radius 3 is 2.00 bits per heavy atom. The average Bonchev–Trinajstić information content (AvgIpc) is 2.17. The Labute approximate surface area is 76.3 Å². The van der Waals surface area contributed by atoms with Crippen LogP contribution in [0, 0.1) is 0 Å². The molecule has 0 aliphatic rings. The van der Waals surface area contributed by atoms with Gasteiger partial charge in [-0.3, -0.25) is 0 Å². The van der Waals surface area contributed by atoms with E-state index in [9.17, 15) is 0 Å². The lowest BCUT2D eigenvalue weighted by Gasteiger charge is -2.04. The molecule has 0 radical (unpaired) electrons. The second-order valence-corrected chi connectivity index (χ2v) is 2.16. The van der Waals surface area contributed by atoms with Crippen LogP contribution in [0.15, 0.2) is 0 Å². The van der Waals surface area contributed by atoms with E-state index in [1.807, 2.05) is 6.92 Å². The van der Waals surface area contributed by atoms with Crippen LogP contribution in [0.2, 0.25) is 0 Å². The molecule has 1 rings (SSSR count). The van der Waals surface area contributed by atoms with Crippen LogP contribution in [0.4, 0.5) is 5.95 Å². The van der Waals surface area contributed by atoms with Gasteiger partial charge in [0, 0.05) is 6.54 Å². The molecule has 6 heteroatoms. The Morgan fingerprint density at radius 2 is 1.62 bits per heavy atom. The minimum Gasteiger partial charge on any atom is -0.467 e. The molecular weight excluding hydrogens is 172 g/mol. The molecule has 1 heterocycles. The highest BCUT2D eigenvalue weighted by Crippen LogP contribution is 2.11. The summed E-state index contributed by atoms with van der Waals surface area (Å²) in [4.78, 5) is 11.8. The monoisotopic (exact) mass is 184 g/mol. The molecule has 1 N–H and O–H groups in total. The summed E-state index contributed by atoms with van der Waals surface area (Å²) in [5, 5.41) is 2.93. The molecule has 0 amide bonds. The second kappa shape index (κ2) is 4.44. The van der Waals surface area contributed by atoms with E-state index in [2.05, 4.69) is 20.3 Å². The molecule has 0 saturated carbocycles. The summed E-state index contributed by atoms with van der Waals surface area (Å²) in [6, 6.07) is 0.477. The fourth-order valence-electron chi connectivity index (χ4n) is 0.758. The fourth-order valence-corrected chi connectivity index (χ4v) is 0.758. The van der Waals surface area contributed by atoms with E-state index < -0.39 is 0 Å². The highest BCUT2D eigenvalue weighted by atomic mass is 16.5. The van der Waals surface area contributed by atoms with E-state index in [-0.39, 0.29) is 12.0 Å². The van der Waals surface area contributed by atoms with Gasteiger partial charge in [-0.05, 0) is 6.92 Å². The standard InChI is InChI=1S/C7H12N4O2/c1-4-8-5-9-6(12-2)11-7(10-5)13-3/h4H2,1-3H3,(H,8,9,10,11). The molecule has 1 aromatic heterocycles. The van der Waals surface area contributed by atoms with Crippen molar-refractivity contribution in [2.75, 3.05) is 26.1 Å². The first-order valence-corrected chi connectivity index (χ1v) is 3.88. The van der Waals surface area contributed by atoms with Crippen LogP contribution in [0.5, 0.6) is 12.0 Å². The lowest BCUT2D eigenvalue weighted by Crippen LogP contribution is -2.06. The maximum absolute atomic E-state index is 4.86. The maximum atomic E-state index is 4.86. The summed E-state index contributed by atoms with van der Waals surface area (Å²) in [6.45, 7) is 2.68. The molecule has 0 aliphatic heterocycles. The van der Waals surface area contributed by atoms with E-state index in [1.54, 1.807) is 0 Å². The fraction of sp³-hybridized carbons (Fsp3) is 0.571. The van der Waals surface area contributed by atoms with Crippen molar-refractivity contribution in [2.45, 2.75) is 6.92 Å². The van der Waals surface area contributed by atoms with Crippen molar-refractivity contribution in [1.82, 2.24) is 15.0 Å². The first kappa shape index (κ1) is 9.50. The molecule has 0 fully saturated rings. The van der Waals surface area contributed by atoms with E-state index in [4.69, 9.17) is 9.47 Å². The molecule has 13 heavy (non-hydrogen) atoms. The SMILES string of the molecule is CCNc1nc(OC)nc(OC)n1. The van der Waals surface area contributed by atoms with Gasteiger partial charge in [0.1, 0.15) is 0 Å². The van der Waals surface area contributed by atoms with Gasteiger partial charge < -0.3 is 14.8 Å². The minimum atomic E-state index is 0.239. The largest absolute Gasteiger partial charge is 0.467 e. The average molecular weight is 184 g/mol. The predicted octanol–water partition coefficient (Wildman–Crippen LogP) is 0.321. The van der Waals surface area contributed by atoms with Gasteiger partial charge in [-0.25, -0.2) is 0 Å². The van der Waals surface area contributed by atoms with Gasteiger partial charge in [0.25, 0.3) is 0 Å². The number of anilines is 1. The number of nitrogens with zero attached hydrogens (tertiary/aromatic N) is 3. The van der Waals surface area contributed by atoms with Crippen LogP contribution in [0.25, 0.3) is 0 Å². The van der Waals surface area contributed by atoms with Gasteiger partial charge >= 0.3 is 12.0 Å². The van der Waals surface area contributed by atoms with Crippen LogP contribution < -0.4 is 14.8 Å². The lowest BCUT2D eigenvalue weighted by atomic mass is 10.7. The molecule has 0 saturated heterocycles. The lowest BCUT2D eigenvalue weighted by molar-refractivity contribution is 0.341. The Hall–Kier alpha value is -1.59. The van der Waals surface area contributed by atoms with Crippen molar-refractivity contribution in [3.8, 4) is 12.0 Å². The van der Waals surface area contributed by atoms with Crippen LogP contribution in [-0.4, -0.2) is 35.7 Å².